The van der Waals surface area contributed by atoms with Crippen LogP contribution >= 0.6 is 11.6 Å². The Morgan fingerprint density at radius 1 is 0.970 bits per heavy atom. The van der Waals surface area contributed by atoms with E-state index in [9.17, 15) is 14.4 Å². The maximum Gasteiger partial charge on any atom is 0.408 e. The summed E-state index contributed by atoms with van der Waals surface area (Å²) in [7, 11) is 2.74. The van der Waals surface area contributed by atoms with Crippen LogP contribution in [0.5, 0.6) is 5.75 Å². The van der Waals surface area contributed by atoms with Gasteiger partial charge in [-0.25, -0.2) is 9.59 Å². The van der Waals surface area contributed by atoms with Crippen molar-refractivity contribution < 1.29 is 28.6 Å². The summed E-state index contributed by atoms with van der Waals surface area (Å²) < 4.78 is 15.2. The Morgan fingerprint density at radius 3 is 2.24 bits per heavy atom. The molecule has 2 aromatic rings. The highest BCUT2D eigenvalue weighted by Gasteiger charge is 2.30. The Bertz CT molecular complexity index is 951. The first-order valence-corrected chi connectivity index (χ1v) is 10.8. The Kier molecular flexibility index (Phi) is 10.00. The van der Waals surface area contributed by atoms with Crippen LogP contribution < -0.4 is 15.4 Å². The molecule has 2 N–H and O–H groups in total. The average Bonchev–Trinajstić information content (AvgIpc) is 2.80. The van der Waals surface area contributed by atoms with Crippen LogP contribution in [0.15, 0.2) is 48.5 Å². The van der Waals surface area contributed by atoms with Crippen molar-refractivity contribution in [3.05, 3.63) is 64.7 Å². The van der Waals surface area contributed by atoms with Crippen LogP contribution in [0.25, 0.3) is 0 Å². The van der Waals surface area contributed by atoms with Crippen molar-refractivity contribution in [1.29, 1.82) is 0 Å². The molecule has 2 aromatic carbocycles. The highest BCUT2D eigenvalue weighted by atomic mass is 35.5. The number of rotatable bonds is 10. The fourth-order valence-electron chi connectivity index (χ4n) is 3.10. The minimum atomic E-state index is -0.977. The Balaban J connectivity index is 2.05. The van der Waals surface area contributed by atoms with E-state index in [4.69, 9.17) is 25.8 Å². The van der Waals surface area contributed by atoms with Gasteiger partial charge in [0.15, 0.2) is 0 Å². The summed E-state index contributed by atoms with van der Waals surface area (Å²) in [6.45, 7) is 3.62. The standard InChI is InChI=1S/C24H29ClN2O6/c1-15(2)21(27-24(30)33-14-16-8-6-5-7-9-16)22(28)26-19(23(29)32-4)13-17-10-11-20(31-3)18(25)12-17/h5-12,15,19,21H,13-14H2,1-4H3,(H,26,28)(H,27,30)/t19-,21+/m0/s1. The summed E-state index contributed by atoms with van der Waals surface area (Å²) in [5.41, 5.74) is 1.52. The second kappa shape index (κ2) is 12.7. The molecule has 33 heavy (non-hydrogen) atoms. The normalized spacial score (nSPS) is 12.4. The van der Waals surface area contributed by atoms with Crippen LogP contribution in [0.1, 0.15) is 25.0 Å². The van der Waals surface area contributed by atoms with E-state index >= 15 is 0 Å². The molecule has 178 valence electrons. The number of methoxy groups -OCH3 is 2. The number of amides is 2. The zero-order valence-corrected chi connectivity index (χ0v) is 19.8. The molecule has 0 fully saturated rings. The van der Waals surface area contributed by atoms with Gasteiger partial charge in [0, 0.05) is 6.42 Å². The van der Waals surface area contributed by atoms with Crippen molar-refractivity contribution in [3.63, 3.8) is 0 Å². The zero-order valence-electron chi connectivity index (χ0n) is 19.1. The van der Waals surface area contributed by atoms with Gasteiger partial charge >= 0.3 is 12.1 Å². The van der Waals surface area contributed by atoms with Crippen LogP contribution in [0, 0.1) is 5.92 Å². The largest absolute Gasteiger partial charge is 0.495 e. The van der Waals surface area contributed by atoms with Crippen molar-refractivity contribution in [2.45, 2.75) is 39.0 Å². The number of nitrogens with one attached hydrogen (secondary N) is 2. The minimum Gasteiger partial charge on any atom is -0.495 e. The van der Waals surface area contributed by atoms with Gasteiger partial charge < -0.3 is 24.8 Å². The third kappa shape index (κ3) is 7.98. The highest BCUT2D eigenvalue weighted by molar-refractivity contribution is 6.32. The molecule has 0 heterocycles. The molecule has 0 aliphatic rings. The molecule has 0 unspecified atom stereocenters. The van der Waals surface area contributed by atoms with Crippen LogP contribution in [-0.2, 0) is 32.1 Å². The Hall–Kier alpha value is -3.26. The molecular weight excluding hydrogens is 448 g/mol. The smallest absolute Gasteiger partial charge is 0.408 e. The van der Waals surface area contributed by atoms with Gasteiger partial charge in [0.25, 0.3) is 0 Å². The molecule has 0 radical (unpaired) electrons. The lowest BCUT2D eigenvalue weighted by Crippen LogP contribution is -2.54. The quantitative estimate of drug-likeness (QED) is 0.509. The average molecular weight is 477 g/mol. The summed E-state index contributed by atoms with van der Waals surface area (Å²) in [6, 6.07) is 12.4. The second-order valence-corrected chi connectivity index (χ2v) is 8.09. The lowest BCUT2D eigenvalue weighted by Gasteiger charge is -2.24. The third-order valence-electron chi connectivity index (χ3n) is 4.89. The molecule has 0 spiro atoms. The van der Waals surface area contributed by atoms with Gasteiger partial charge in [-0.1, -0.05) is 61.8 Å². The molecule has 8 nitrogen and oxygen atoms in total. The van der Waals surface area contributed by atoms with Gasteiger partial charge in [-0.2, -0.15) is 0 Å². The Labute approximate surface area is 198 Å². The second-order valence-electron chi connectivity index (χ2n) is 7.69. The van der Waals surface area contributed by atoms with Crippen molar-refractivity contribution in [1.82, 2.24) is 10.6 Å². The number of hydrogen-bond donors (Lipinski definition) is 2. The zero-order chi connectivity index (χ0) is 24.4. The maximum absolute atomic E-state index is 12.9. The van der Waals surface area contributed by atoms with E-state index in [2.05, 4.69) is 10.6 Å². The number of esters is 1. The van der Waals surface area contributed by atoms with Crippen LogP contribution in [0.3, 0.4) is 0 Å². The van der Waals surface area contributed by atoms with Crippen molar-refractivity contribution in [2.75, 3.05) is 14.2 Å². The lowest BCUT2D eigenvalue weighted by molar-refractivity contribution is -0.145. The fraction of sp³-hybridized carbons (Fsp3) is 0.375. The minimum absolute atomic E-state index is 0.0715. The first-order chi connectivity index (χ1) is 15.7. The number of carbonyl (C=O) groups excluding carboxylic acids is 3. The molecule has 0 aromatic heterocycles. The molecule has 2 atom stereocenters. The van der Waals surface area contributed by atoms with E-state index in [0.29, 0.717) is 16.3 Å². The summed E-state index contributed by atoms with van der Waals surface area (Å²) in [6.07, 6.45) is -0.588. The van der Waals surface area contributed by atoms with E-state index < -0.39 is 30.1 Å². The molecular formula is C24H29ClN2O6. The summed E-state index contributed by atoms with van der Waals surface area (Å²) in [4.78, 5) is 37.5. The van der Waals surface area contributed by atoms with Gasteiger partial charge in [-0.05, 0) is 29.2 Å². The van der Waals surface area contributed by atoms with E-state index in [1.807, 2.05) is 30.3 Å². The number of halogens is 1. The summed E-state index contributed by atoms with van der Waals surface area (Å²) in [5, 5.41) is 5.62. The third-order valence-corrected chi connectivity index (χ3v) is 5.19. The molecule has 0 saturated carbocycles. The SMILES string of the molecule is COC(=O)[C@H](Cc1ccc(OC)c(Cl)c1)NC(=O)[C@H](NC(=O)OCc1ccccc1)C(C)C. The Morgan fingerprint density at radius 2 is 1.67 bits per heavy atom. The summed E-state index contributed by atoms with van der Waals surface area (Å²) >= 11 is 6.17. The number of alkyl carbamates (subject to hydrolysis) is 1. The lowest BCUT2D eigenvalue weighted by atomic mass is 10.0. The number of benzene rings is 2. The monoisotopic (exact) mass is 476 g/mol. The predicted molar refractivity (Wildman–Crippen MR) is 124 cm³/mol. The van der Waals surface area contributed by atoms with Gasteiger partial charge in [0.2, 0.25) is 5.91 Å². The molecule has 0 bridgehead atoms. The van der Waals surface area contributed by atoms with Gasteiger partial charge in [-0.15, -0.1) is 0 Å². The van der Waals surface area contributed by atoms with E-state index in [1.165, 1.54) is 14.2 Å². The highest BCUT2D eigenvalue weighted by Crippen LogP contribution is 2.25. The molecule has 2 amide bonds. The number of carbonyl (C=O) groups is 3. The van der Waals surface area contributed by atoms with Gasteiger partial charge in [0.1, 0.15) is 24.4 Å². The van der Waals surface area contributed by atoms with Crippen molar-refractivity contribution in [3.8, 4) is 5.75 Å². The van der Waals surface area contributed by atoms with Crippen molar-refractivity contribution >= 4 is 29.6 Å². The molecule has 2 rings (SSSR count). The molecule has 0 aliphatic carbocycles. The van der Waals surface area contributed by atoms with Crippen molar-refractivity contribution in [2.24, 2.45) is 5.92 Å². The maximum atomic E-state index is 12.9. The molecule has 0 saturated heterocycles. The molecule has 9 heteroatoms. The van der Waals surface area contributed by atoms with Gasteiger partial charge in [-0.3, -0.25) is 4.79 Å². The first kappa shape index (κ1) is 26.0. The summed E-state index contributed by atoms with van der Waals surface area (Å²) in [5.74, 6) is -0.915. The van der Waals surface area contributed by atoms with Crippen LogP contribution in [-0.4, -0.2) is 44.3 Å². The fourth-order valence-corrected chi connectivity index (χ4v) is 3.38. The van der Waals surface area contributed by atoms with Crippen LogP contribution in [0.4, 0.5) is 4.79 Å². The number of hydrogen-bond acceptors (Lipinski definition) is 6. The van der Waals surface area contributed by atoms with Gasteiger partial charge in [0.05, 0.1) is 19.2 Å². The van der Waals surface area contributed by atoms with E-state index in [0.717, 1.165) is 5.56 Å². The van der Waals surface area contributed by atoms with E-state index in [-0.39, 0.29) is 18.9 Å². The predicted octanol–water partition coefficient (Wildman–Crippen LogP) is 3.50. The topological polar surface area (TPSA) is 103 Å². The van der Waals surface area contributed by atoms with Crippen LogP contribution in [0.2, 0.25) is 5.02 Å². The van der Waals surface area contributed by atoms with E-state index in [1.54, 1.807) is 32.0 Å². The first-order valence-electron chi connectivity index (χ1n) is 10.4. The number of ether oxygens (including phenoxy) is 3. The molecule has 0 aliphatic heterocycles.